The molecule has 0 nitrogen and oxygen atoms in total. The van der Waals surface area contributed by atoms with Crippen LogP contribution in [-0.4, -0.2) is 0 Å². The largest absolute Gasteiger partial charge is 0.0465 e. The minimum Gasteiger partial charge on any atom is -0.0465 e. The molecule has 0 amide bonds. The zero-order valence-corrected chi connectivity index (χ0v) is 6.79. The second-order valence-electron chi connectivity index (χ2n) is 5.91. The fourth-order valence-electron chi connectivity index (χ4n) is 5.50. The third-order valence-electron chi connectivity index (χ3n) is 5.78. The molecule has 0 aromatic rings. The molecule has 5 fully saturated rings. The fourth-order valence-corrected chi connectivity index (χ4v) is 5.50. The SMILES string of the molecule is C1[C@@H]2C3[C@@H]4C[C@@H]4C([C@H]12)C31CC1. The van der Waals surface area contributed by atoms with Crippen molar-refractivity contribution in [3.8, 4) is 0 Å². The van der Waals surface area contributed by atoms with E-state index in [4.69, 9.17) is 0 Å². The van der Waals surface area contributed by atoms with E-state index in [1.165, 1.54) is 35.5 Å². The lowest BCUT2D eigenvalue weighted by molar-refractivity contribution is 0.266. The molecule has 6 atom stereocenters. The molecule has 0 N–H and O–H groups in total. The van der Waals surface area contributed by atoms with Gasteiger partial charge in [-0.05, 0) is 66.6 Å². The number of hydrogen-bond acceptors (Lipinski definition) is 0. The molecule has 2 unspecified atom stereocenters. The van der Waals surface area contributed by atoms with Crippen molar-refractivity contribution in [3.05, 3.63) is 0 Å². The predicted octanol–water partition coefficient (Wildman–Crippen LogP) is 2.30. The summed E-state index contributed by atoms with van der Waals surface area (Å²) in [6.45, 7) is 0. The molecule has 58 valence electrons. The van der Waals surface area contributed by atoms with Gasteiger partial charge in [0.1, 0.15) is 0 Å². The van der Waals surface area contributed by atoms with Crippen molar-refractivity contribution >= 4 is 0 Å². The predicted molar refractivity (Wildman–Crippen MR) is 41.8 cm³/mol. The van der Waals surface area contributed by atoms with Gasteiger partial charge in [-0.2, -0.15) is 0 Å². The molecule has 0 aromatic carbocycles. The molecular formula is C11H14. The van der Waals surface area contributed by atoms with Crippen LogP contribution in [0.4, 0.5) is 0 Å². The van der Waals surface area contributed by atoms with Gasteiger partial charge in [-0.3, -0.25) is 0 Å². The first-order chi connectivity index (χ1) is 5.42. The number of rotatable bonds is 0. The van der Waals surface area contributed by atoms with Crippen LogP contribution >= 0.6 is 0 Å². The average Bonchev–Trinajstić information content (AvgIpc) is 2.81. The molecule has 5 saturated carbocycles. The molecule has 5 aliphatic rings. The Hall–Kier alpha value is 0. The third-order valence-corrected chi connectivity index (χ3v) is 5.78. The van der Waals surface area contributed by atoms with E-state index in [1.54, 1.807) is 25.7 Å². The number of hydrogen-bond donors (Lipinski definition) is 0. The van der Waals surface area contributed by atoms with Gasteiger partial charge in [0, 0.05) is 0 Å². The van der Waals surface area contributed by atoms with E-state index in [2.05, 4.69) is 0 Å². The van der Waals surface area contributed by atoms with Crippen LogP contribution < -0.4 is 0 Å². The fraction of sp³-hybridized carbons (Fsp3) is 1.00. The third kappa shape index (κ3) is 0.316. The highest BCUT2D eigenvalue weighted by atomic mass is 14.9. The Morgan fingerprint density at radius 3 is 1.45 bits per heavy atom. The highest BCUT2D eigenvalue weighted by molar-refractivity contribution is 5.31. The molecule has 1 spiro atoms. The first-order valence-electron chi connectivity index (χ1n) is 5.42. The summed E-state index contributed by atoms with van der Waals surface area (Å²) in [6, 6.07) is 0. The van der Waals surface area contributed by atoms with Crippen LogP contribution in [0.5, 0.6) is 0 Å². The number of fused-ring (bicyclic) bond motifs is 6. The van der Waals surface area contributed by atoms with Gasteiger partial charge in [-0.1, -0.05) is 0 Å². The first-order valence-corrected chi connectivity index (χ1v) is 5.42. The maximum Gasteiger partial charge on any atom is -0.0229 e. The Kier molecular flexibility index (Phi) is 0.459. The van der Waals surface area contributed by atoms with Crippen molar-refractivity contribution in [2.75, 3.05) is 0 Å². The van der Waals surface area contributed by atoms with E-state index in [0.29, 0.717) is 0 Å². The van der Waals surface area contributed by atoms with Gasteiger partial charge in [0.25, 0.3) is 0 Å². The molecule has 5 rings (SSSR count). The molecule has 0 aliphatic heterocycles. The molecule has 0 aromatic heterocycles. The second-order valence-corrected chi connectivity index (χ2v) is 5.91. The van der Waals surface area contributed by atoms with Crippen LogP contribution in [0.15, 0.2) is 0 Å². The molecule has 0 heteroatoms. The van der Waals surface area contributed by atoms with Gasteiger partial charge in [0.2, 0.25) is 0 Å². The van der Waals surface area contributed by atoms with Gasteiger partial charge in [0.15, 0.2) is 0 Å². The topological polar surface area (TPSA) is 0 Å². The Morgan fingerprint density at radius 1 is 0.727 bits per heavy atom. The van der Waals surface area contributed by atoms with Gasteiger partial charge in [-0.15, -0.1) is 0 Å². The van der Waals surface area contributed by atoms with Crippen molar-refractivity contribution in [2.24, 2.45) is 40.9 Å². The standard InChI is InChI=1S/C11H14/c1-2-11(1)9-5-3-6(5)10(11)8-4-7(8)9/h5-10H,1-4H2/t5-,6+,7+,8-,9?,10?. The Balaban J connectivity index is 1.80. The Labute approximate surface area is 67.4 Å². The summed E-state index contributed by atoms with van der Waals surface area (Å²) in [7, 11) is 0. The zero-order valence-electron chi connectivity index (χ0n) is 6.79. The summed E-state index contributed by atoms with van der Waals surface area (Å²) < 4.78 is 0. The van der Waals surface area contributed by atoms with Gasteiger partial charge in [0.05, 0.1) is 0 Å². The molecular weight excluding hydrogens is 132 g/mol. The highest BCUT2D eigenvalue weighted by Gasteiger charge is 2.83. The maximum atomic E-state index is 1.66. The molecule has 0 radical (unpaired) electrons. The minimum atomic E-state index is 1.02. The van der Waals surface area contributed by atoms with Crippen molar-refractivity contribution in [3.63, 3.8) is 0 Å². The maximum absolute atomic E-state index is 1.66. The Bertz CT molecular complexity index is 223. The molecule has 2 bridgehead atoms. The normalized spacial score (nSPS) is 76.4. The summed E-state index contributed by atoms with van der Waals surface area (Å²) in [6.07, 6.45) is 6.60. The average molecular weight is 146 g/mol. The van der Waals surface area contributed by atoms with Crippen molar-refractivity contribution < 1.29 is 0 Å². The van der Waals surface area contributed by atoms with E-state index < -0.39 is 0 Å². The van der Waals surface area contributed by atoms with Crippen LogP contribution in [-0.2, 0) is 0 Å². The molecule has 0 heterocycles. The van der Waals surface area contributed by atoms with Crippen molar-refractivity contribution in [1.29, 1.82) is 0 Å². The van der Waals surface area contributed by atoms with E-state index in [0.717, 1.165) is 5.41 Å². The van der Waals surface area contributed by atoms with Crippen molar-refractivity contribution in [2.45, 2.75) is 25.7 Å². The van der Waals surface area contributed by atoms with Crippen LogP contribution in [0, 0.1) is 40.9 Å². The Morgan fingerprint density at radius 2 is 1.18 bits per heavy atom. The van der Waals surface area contributed by atoms with Crippen LogP contribution in [0.25, 0.3) is 0 Å². The lowest BCUT2D eigenvalue weighted by atomic mass is 9.83. The van der Waals surface area contributed by atoms with Crippen LogP contribution in [0.3, 0.4) is 0 Å². The highest BCUT2D eigenvalue weighted by Crippen LogP contribution is 2.89. The van der Waals surface area contributed by atoms with Crippen LogP contribution in [0.2, 0.25) is 0 Å². The first kappa shape index (κ1) is 4.89. The molecule has 5 aliphatic carbocycles. The summed E-state index contributed by atoms with van der Waals surface area (Å²) in [5.74, 6) is 7.64. The summed E-state index contributed by atoms with van der Waals surface area (Å²) >= 11 is 0. The van der Waals surface area contributed by atoms with E-state index in [1.807, 2.05) is 0 Å². The van der Waals surface area contributed by atoms with E-state index >= 15 is 0 Å². The monoisotopic (exact) mass is 146 g/mol. The summed E-state index contributed by atoms with van der Waals surface area (Å²) in [5.41, 5.74) is 1.02. The van der Waals surface area contributed by atoms with Gasteiger partial charge < -0.3 is 0 Å². The van der Waals surface area contributed by atoms with Gasteiger partial charge in [-0.25, -0.2) is 0 Å². The zero-order chi connectivity index (χ0) is 6.79. The quantitative estimate of drug-likeness (QED) is 0.492. The van der Waals surface area contributed by atoms with E-state index in [-0.39, 0.29) is 0 Å². The minimum absolute atomic E-state index is 1.02. The molecule has 11 heavy (non-hydrogen) atoms. The summed E-state index contributed by atoms with van der Waals surface area (Å²) in [4.78, 5) is 0. The van der Waals surface area contributed by atoms with Crippen molar-refractivity contribution in [1.82, 2.24) is 0 Å². The van der Waals surface area contributed by atoms with E-state index in [9.17, 15) is 0 Å². The lowest BCUT2D eigenvalue weighted by Crippen LogP contribution is -2.16. The second kappa shape index (κ2) is 1.03. The smallest absolute Gasteiger partial charge is 0.0229 e. The molecule has 0 saturated heterocycles. The lowest BCUT2D eigenvalue weighted by Gasteiger charge is -2.21. The van der Waals surface area contributed by atoms with Crippen LogP contribution in [0.1, 0.15) is 25.7 Å². The summed E-state index contributed by atoms with van der Waals surface area (Å²) in [5, 5.41) is 0. The van der Waals surface area contributed by atoms with Gasteiger partial charge >= 0.3 is 0 Å².